The Hall–Kier alpha value is -1.81. The SMILES string of the molecule is Cc1nc(NCc2ccccc2Cl)cc(=O)[nH]1. The maximum Gasteiger partial charge on any atom is 0.252 e. The van der Waals surface area contributed by atoms with Gasteiger partial charge in [0.15, 0.2) is 0 Å². The third-order valence-corrected chi connectivity index (χ3v) is 2.65. The van der Waals surface area contributed by atoms with E-state index in [0.717, 1.165) is 5.56 Å². The predicted molar refractivity (Wildman–Crippen MR) is 68.4 cm³/mol. The second kappa shape index (κ2) is 5.01. The quantitative estimate of drug-likeness (QED) is 0.878. The molecule has 5 heteroatoms. The van der Waals surface area contributed by atoms with Crippen LogP contribution in [0.15, 0.2) is 35.1 Å². The summed E-state index contributed by atoms with van der Waals surface area (Å²) in [6.07, 6.45) is 0. The van der Waals surface area contributed by atoms with Crippen LogP contribution in [0.3, 0.4) is 0 Å². The highest BCUT2D eigenvalue weighted by Gasteiger charge is 2.00. The van der Waals surface area contributed by atoms with Gasteiger partial charge in [0.1, 0.15) is 11.6 Å². The van der Waals surface area contributed by atoms with E-state index < -0.39 is 0 Å². The summed E-state index contributed by atoms with van der Waals surface area (Å²) >= 11 is 6.02. The lowest BCUT2D eigenvalue weighted by atomic mass is 10.2. The zero-order valence-electron chi connectivity index (χ0n) is 9.33. The highest BCUT2D eigenvalue weighted by atomic mass is 35.5. The number of nitrogens with zero attached hydrogens (tertiary/aromatic N) is 1. The Labute approximate surface area is 104 Å². The average molecular weight is 250 g/mol. The number of nitrogens with one attached hydrogen (secondary N) is 2. The lowest BCUT2D eigenvalue weighted by Crippen LogP contribution is -2.11. The first-order valence-electron chi connectivity index (χ1n) is 5.20. The van der Waals surface area contributed by atoms with Gasteiger partial charge in [0.2, 0.25) is 0 Å². The molecule has 0 amide bonds. The number of aryl methyl sites for hydroxylation is 1. The van der Waals surface area contributed by atoms with Gasteiger partial charge in [0, 0.05) is 17.6 Å². The van der Waals surface area contributed by atoms with Crippen LogP contribution < -0.4 is 10.9 Å². The maximum atomic E-state index is 11.2. The molecule has 0 fully saturated rings. The Morgan fingerprint density at radius 1 is 1.41 bits per heavy atom. The predicted octanol–water partition coefficient (Wildman–Crippen LogP) is 2.34. The first-order chi connectivity index (χ1) is 8.15. The number of halogens is 1. The van der Waals surface area contributed by atoms with Crippen LogP contribution in [0.1, 0.15) is 11.4 Å². The van der Waals surface area contributed by atoms with Crippen LogP contribution in [0.2, 0.25) is 5.02 Å². The number of benzene rings is 1. The summed E-state index contributed by atoms with van der Waals surface area (Å²) in [5.74, 6) is 1.13. The van der Waals surface area contributed by atoms with Crippen molar-refractivity contribution in [3.63, 3.8) is 0 Å². The molecule has 1 aromatic carbocycles. The van der Waals surface area contributed by atoms with Gasteiger partial charge in [-0.3, -0.25) is 4.79 Å². The minimum absolute atomic E-state index is 0.167. The largest absolute Gasteiger partial charge is 0.366 e. The fraction of sp³-hybridized carbons (Fsp3) is 0.167. The van der Waals surface area contributed by atoms with E-state index in [9.17, 15) is 4.79 Å². The Balaban J connectivity index is 2.13. The molecular weight excluding hydrogens is 238 g/mol. The average Bonchev–Trinajstić information content (AvgIpc) is 2.27. The van der Waals surface area contributed by atoms with Gasteiger partial charge in [-0.25, -0.2) is 4.98 Å². The topological polar surface area (TPSA) is 57.8 Å². The van der Waals surface area contributed by atoms with Gasteiger partial charge in [-0.2, -0.15) is 0 Å². The van der Waals surface area contributed by atoms with Crippen LogP contribution in [0.25, 0.3) is 0 Å². The first-order valence-corrected chi connectivity index (χ1v) is 5.58. The summed E-state index contributed by atoms with van der Waals surface area (Å²) < 4.78 is 0. The molecule has 0 aliphatic carbocycles. The number of aromatic amines is 1. The van der Waals surface area contributed by atoms with E-state index in [0.29, 0.717) is 23.2 Å². The number of hydrogen-bond acceptors (Lipinski definition) is 3. The zero-order valence-corrected chi connectivity index (χ0v) is 10.1. The van der Waals surface area contributed by atoms with E-state index in [1.807, 2.05) is 24.3 Å². The molecule has 0 saturated heterocycles. The van der Waals surface area contributed by atoms with Crippen LogP contribution in [0.4, 0.5) is 5.82 Å². The third kappa shape index (κ3) is 3.07. The fourth-order valence-electron chi connectivity index (χ4n) is 1.50. The van der Waals surface area contributed by atoms with Gasteiger partial charge in [-0.1, -0.05) is 29.8 Å². The molecule has 1 heterocycles. The van der Waals surface area contributed by atoms with Crippen LogP contribution >= 0.6 is 11.6 Å². The van der Waals surface area contributed by atoms with E-state index in [-0.39, 0.29) is 5.56 Å². The van der Waals surface area contributed by atoms with Crippen molar-refractivity contribution in [2.24, 2.45) is 0 Å². The summed E-state index contributed by atoms with van der Waals surface area (Å²) in [7, 11) is 0. The van der Waals surface area contributed by atoms with Crippen molar-refractivity contribution in [2.75, 3.05) is 5.32 Å². The highest BCUT2D eigenvalue weighted by molar-refractivity contribution is 6.31. The second-order valence-corrected chi connectivity index (χ2v) is 4.07. The number of hydrogen-bond donors (Lipinski definition) is 2. The van der Waals surface area contributed by atoms with E-state index in [1.165, 1.54) is 6.07 Å². The van der Waals surface area contributed by atoms with Crippen LogP contribution in [0, 0.1) is 6.92 Å². The number of H-pyrrole nitrogens is 1. The molecule has 0 spiro atoms. The van der Waals surface area contributed by atoms with Gasteiger partial charge in [-0.15, -0.1) is 0 Å². The smallest absolute Gasteiger partial charge is 0.252 e. The molecule has 0 unspecified atom stereocenters. The molecule has 0 aliphatic heterocycles. The summed E-state index contributed by atoms with van der Waals surface area (Å²) in [5, 5.41) is 3.76. The van der Waals surface area contributed by atoms with E-state index in [4.69, 9.17) is 11.6 Å². The summed E-state index contributed by atoms with van der Waals surface area (Å²) in [6.45, 7) is 2.28. The van der Waals surface area contributed by atoms with Gasteiger partial charge >= 0.3 is 0 Å². The van der Waals surface area contributed by atoms with Gasteiger partial charge < -0.3 is 10.3 Å². The van der Waals surface area contributed by atoms with Crippen molar-refractivity contribution in [2.45, 2.75) is 13.5 Å². The van der Waals surface area contributed by atoms with Crippen molar-refractivity contribution < 1.29 is 0 Å². The van der Waals surface area contributed by atoms with Crippen molar-refractivity contribution in [3.8, 4) is 0 Å². The van der Waals surface area contributed by atoms with Crippen LogP contribution in [-0.2, 0) is 6.54 Å². The Kier molecular flexibility index (Phi) is 3.44. The molecule has 0 saturated carbocycles. The van der Waals surface area contributed by atoms with E-state index in [2.05, 4.69) is 15.3 Å². The van der Waals surface area contributed by atoms with E-state index in [1.54, 1.807) is 6.92 Å². The molecule has 2 aromatic rings. The summed E-state index contributed by atoms with van der Waals surface area (Å²) in [4.78, 5) is 18.0. The monoisotopic (exact) mass is 249 g/mol. The van der Waals surface area contributed by atoms with Crippen LogP contribution in [-0.4, -0.2) is 9.97 Å². The minimum Gasteiger partial charge on any atom is -0.366 e. The summed E-state index contributed by atoms with van der Waals surface area (Å²) in [5.41, 5.74) is 0.799. The normalized spacial score (nSPS) is 10.2. The molecule has 17 heavy (non-hydrogen) atoms. The Bertz CT molecular complexity index is 580. The Morgan fingerprint density at radius 3 is 2.88 bits per heavy atom. The number of rotatable bonds is 3. The highest BCUT2D eigenvalue weighted by Crippen LogP contribution is 2.15. The molecule has 0 bridgehead atoms. The maximum absolute atomic E-state index is 11.2. The lowest BCUT2D eigenvalue weighted by molar-refractivity contribution is 0.997. The van der Waals surface area contributed by atoms with Crippen LogP contribution in [0.5, 0.6) is 0 Å². The second-order valence-electron chi connectivity index (χ2n) is 3.66. The molecule has 2 rings (SSSR count). The first kappa shape index (κ1) is 11.7. The number of anilines is 1. The third-order valence-electron chi connectivity index (χ3n) is 2.28. The molecule has 0 radical (unpaired) electrons. The molecule has 0 aliphatic rings. The van der Waals surface area contributed by atoms with Gasteiger partial charge in [0.05, 0.1) is 0 Å². The Morgan fingerprint density at radius 2 is 2.18 bits per heavy atom. The molecule has 88 valence electrons. The van der Waals surface area contributed by atoms with Crippen molar-refractivity contribution in [3.05, 3.63) is 57.1 Å². The lowest BCUT2D eigenvalue weighted by Gasteiger charge is -2.07. The van der Waals surface area contributed by atoms with Gasteiger partial charge in [0.25, 0.3) is 5.56 Å². The minimum atomic E-state index is -0.167. The fourth-order valence-corrected chi connectivity index (χ4v) is 1.70. The molecule has 1 aromatic heterocycles. The molecule has 0 atom stereocenters. The van der Waals surface area contributed by atoms with Crippen molar-refractivity contribution >= 4 is 17.4 Å². The van der Waals surface area contributed by atoms with Gasteiger partial charge in [-0.05, 0) is 18.6 Å². The van der Waals surface area contributed by atoms with Crippen molar-refractivity contribution in [1.82, 2.24) is 9.97 Å². The molecule has 2 N–H and O–H groups in total. The number of aromatic nitrogens is 2. The zero-order chi connectivity index (χ0) is 12.3. The molecular formula is C12H12ClN3O. The molecule has 4 nitrogen and oxygen atoms in total. The van der Waals surface area contributed by atoms with Crippen molar-refractivity contribution in [1.29, 1.82) is 0 Å². The summed E-state index contributed by atoms with van der Waals surface area (Å²) in [6, 6.07) is 8.97. The van der Waals surface area contributed by atoms with E-state index >= 15 is 0 Å². The standard InChI is InChI=1S/C12H12ClN3O/c1-8-15-11(6-12(17)16-8)14-7-9-4-2-3-5-10(9)13/h2-6H,7H2,1H3,(H2,14,15,16,17).